The molecule has 0 aromatic heterocycles. The first-order chi connectivity index (χ1) is 9.79. The van der Waals surface area contributed by atoms with E-state index in [-0.39, 0.29) is 5.75 Å². The van der Waals surface area contributed by atoms with Crippen LogP contribution in [-0.2, 0) is 11.4 Å². The van der Waals surface area contributed by atoms with Gasteiger partial charge in [-0.05, 0) is 58.6 Å². The molecule has 0 spiro atoms. The summed E-state index contributed by atoms with van der Waals surface area (Å²) in [6.45, 7) is 7.75. The average Bonchev–Trinajstić information content (AvgIpc) is 3.20. The Balaban J connectivity index is 2.18. The monoisotopic (exact) mass is 311 g/mol. The summed E-state index contributed by atoms with van der Waals surface area (Å²) in [6.07, 6.45) is 2.32. The zero-order valence-electron chi connectivity index (χ0n) is 13.0. The fraction of sp³-hybridized carbons (Fsp3) is 0.562. The summed E-state index contributed by atoms with van der Waals surface area (Å²) in [5, 5.41) is 0. The SMILES string of the molecule is C/C(=N/[S+]([O-])C(C)(C)C)c1cccc(OCC2CC2)c1F. The number of hydrogen-bond donors (Lipinski definition) is 0. The van der Waals surface area contributed by atoms with Crippen molar-refractivity contribution in [1.82, 2.24) is 0 Å². The van der Waals surface area contributed by atoms with Gasteiger partial charge in [0.1, 0.15) is 16.1 Å². The highest BCUT2D eigenvalue weighted by Crippen LogP contribution is 2.31. The third-order valence-corrected chi connectivity index (χ3v) is 4.76. The lowest BCUT2D eigenvalue weighted by molar-refractivity contribution is 0.285. The zero-order valence-corrected chi connectivity index (χ0v) is 13.8. The Kier molecular flexibility index (Phi) is 4.94. The largest absolute Gasteiger partial charge is 0.591 e. The molecular weight excluding hydrogens is 289 g/mol. The number of benzene rings is 1. The number of nitrogens with zero attached hydrogens (tertiary/aromatic N) is 1. The van der Waals surface area contributed by atoms with Crippen molar-refractivity contribution < 1.29 is 13.7 Å². The lowest BCUT2D eigenvalue weighted by Gasteiger charge is -2.19. The normalized spacial score (nSPS) is 17.7. The van der Waals surface area contributed by atoms with Crippen LogP contribution in [0.15, 0.2) is 22.6 Å². The van der Waals surface area contributed by atoms with E-state index in [1.165, 1.54) is 0 Å². The zero-order chi connectivity index (χ0) is 15.6. The Morgan fingerprint density at radius 3 is 2.67 bits per heavy atom. The summed E-state index contributed by atoms with van der Waals surface area (Å²) in [5.74, 6) is 0.386. The molecule has 116 valence electrons. The van der Waals surface area contributed by atoms with Crippen LogP contribution in [0.2, 0.25) is 0 Å². The van der Waals surface area contributed by atoms with E-state index in [1.54, 1.807) is 25.1 Å². The van der Waals surface area contributed by atoms with Crippen LogP contribution in [0, 0.1) is 11.7 Å². The quantitative estimate of drug-likeness (QED) is 0.612. The lowest BCUT2D eigenvalue weighted by atomic mass is 10.1. The van der Waals surface area contributed by atoms with E-state index < -0.39 is 21.9 Å². The van der Waals surface area contributed by atoms with E-state index in [0.717, 1.165) is 12.8 Å². The van der Waals surface area contributed by atoms with Gasteiger partial charge in [0.05, 0.1) is 12.3 Å². The van der Waals surface area contributed by atoms with E-state index >= 15 is 0 Å². The molecule has 1 atom stereocenters. The molecule has 21 heavy (non-hydrogen) atoms. The van der Waals surface area contributed by atoms with E-state index in [4.69, 9.17) is 4.74 Å². The van der Waals surface area contributed by atoms with Crippen LogP contribution in [0.25, 0.3) is 0 Å². The van der Waals surface area contributed by atoms with Gasteiger partial charge in [0.25, 0.3) is 0 Å². The van der Waals surface area contributed by atoms with Crippen molar-refractivity contribution >= 4 is 17.1 Å². The molecule has 2 rings (SSSR count). The minimum atomic E-state index is -1.40. The van der Waals surface area contributed by atoms with Crippen LogP contribution < -0.4 is 4.74 Å². The third kappa shape index (κ3) is 4.45. The van der Waals surface area contributed by atoms with E-state index in [9.17, 15) is 8.94 Å². The summed E-state index contributed by atoms with van der Waals surface area (Å²) in [6, 6.07) is 4.99. The molecule has 1 saturated carbocycles. The predicted molar refractivity (Wildman–Crippen MR) is 84.7 cm³/mol. The molecule has 0 saturated heterocycles. The van der Waals surface area contributed by atoms with Crippen molar-refractivity contribution in [2.75, 3.05) is 6.61 Å². The lowest BCUT2D eigenvalue weighted by Crippen LogP contribution is -2.26. The Morgan fingerprint density at radius 2 is 2.10 bits per heavy atom. The summed E-state index contributed by atoms with van der Waals surface area (Å²) >= 11 is -1.40. The minimum Gasteiger partial charge on any atom is -0.591 e. The molecule has 1 unspecified atom stereocenters. The molecule has 3 nitrogen and oxygen atoms in total. The van der Waals surface area contributed by atoms with Crippen LogP contribution in [-0.4, -0.2) is 21.6 Å². The fourth-order valence-corrected chi connectivity index (χ4v) is 2.33. The maximum absolute atomic E-state index is 14.4. The van der Waals surface area contributed by atoms with Crippen molar-refractivity contribution in [1.29, 1.82) is 0 Å². The van der Waals surface area contributed by atoms with Crippen molar-refractivity contribution in [2.24, 2.45) is 10.3 Å². The van der Waals surface area contributed by atoms with Gasteiger partial charge in [0, 0.05) is 5.56 Å². The maximum atomic E-state index is 14.4. The minimum absolute atomic E-state index is 0.246. The Labute approximate surface area is 128 Å². The first-order valence-corrected chi connectivity index (χ1v) is 8.28. The molecule has 0 amide bonds. The van der Waals surface area contributed by atoms with Crippen LogP contribution in [0.1, 0.15) is 46.1 Å². The van der Waals surface area contributed by atoms with Crippen LogP contribution >= 0.6 is 0 Å². The Bertz CT molecular complexity index is 536. The number of hydrogen-bond acceptors (Lipinski definition) is 3. The van der Waals surface area contributed by atoms with Gasteiger partial charge in [-0.25, -0.2) is 4.39 Å². The summed E-state index contributed by atoms with van der Waals surface area (Å²) in [7, 11) is 0. The van der Waals surface area contributed by atoms with Crippen LogP contribution in [0.4, 0.5) is 4.39 Å². The Hall–Kier alpha value is -1.07. The molecular formula is C16H22FNO2S. The van der Waals surface area contributed by atoms with Crippen molar-refractivity contribution in [3.8, 4) is 5.75 Å². The number of ether oxygens (including phenoxy) is 1. The molecule has 0 radical (unpaired) electrons. The van der Waals surface area contributed by atoms with Gasteiger partial charge >= 0.3 is 0 Å². The van der Waals surface area contributed by atoms with Gasteiger partial charge in [0.2, 0.25) is 0 Å². The van der Waals surface area contributed by atoms with Crippen molar-refractivity contribution in [3.05, 3.63) is 29.6 Å². The molecule has 1 fully saturated rings. The molecule has 0 N–H and O–H groups in total. The highest BCUT2D eigenvalue weighted by atomic mass is 32.2. The number of halogens is 1. The predicted octanol–water partition coefficient (Wildman–Crippen LogP) is 3.89. The molecule has 5 heteroatoms. The molecule has 0 heterocycles. The summed E-state index contributed by atoms with van der Waals surface area (Å²) in [4.78, 5) is 0. The van der Waals surface area contributed by atoms with Crippen LogP contribution in [0.5, 0.6) is 5.75 Å². The smallest absolute Gasteiger partial charge is 0.174 e. The first-order valence-electron chi connectivity index (χ1n) is 7.18. The standard InChI is InChI=1S/C16H22FNO2S/c1-11(18-21(19)16(2,3)4)13-6-5-7-14(15(13)17)20-10-12-8-9-12/h5-7,12H,8-10H2,1-4H3/b18-11-. The maximum Gasteiger partial charge on any atom is 0.174 e. The molecule has 1 aromatic carbocycles. The van der Waals surface area contributed by atoms with E-state index in [0.29, 0.717) is 23.8 Å². The highest BCUT2D eigenvalue weighted by Gasteiger charge is 2.27. The highest BCUT2D eigenvalue weighted by molar-refractivity contribution is 7.91. The molecule has 1 aliphatic carbocycles. The van der Waals surface area contributed by atoms with Crippen molar-refractivity contribution in [2.45, 2.75) is 45.3 Å². The number of rotatable bonds is 5. The van der Waals surface area contributed by atoms with Gasteiger partial charge in [-0.15, -0.1) is 0 Å². The van der Waals surface area contributed by atoms with Gasteiger partial charge in [0.15, 0.2) is 11.6 Å². The van der Waals surface area contributed by atoms with Gasteiger partial charge in [-0.2, -0.15) is 0 Å². The topological polar surface area (TPSA) is 44.7 Å². The summed E-state index contributed by atoms with van der Waals surface area (Å²) < 4.78 is 35.7. The fourth-order valence-electron chi connectivity index (χ4n) is 1.70. The Morgan fingerprint density at radius 1 is 1.43 bits per heavy atom. The second-order valence-corrected chi connectivity index (χ2v) is 8.32. The van der Waals surface area contributed by atoms with Gasteiger partial charge in [-0.3, -0.25) is 0 Å². The second kappa shape index (κ2) is 6.36. The van der Waals surface area contributed by atoms with E-state index in [1.807, 2.05) is 20.8 Å². The second-order valence-electron chi connectivity index (χ2n) is 6.41. The third-order valence-electron chi connectivity index (χ3n) is 3.27. The summed E-state index contributed by atoms with van der Waals surface area (Å²) in [5.41, 5.74) is 0.776. The van der Waals surface area contributed by atoms with E-state index in [2.05, 4.69) is 4.40 Å². The van der Waals surface area contributed by atoms with Crippen LogP contribution in [0.3, 0.4) is 0 Å². The molecule has 0 bridgehead atoms. The molecule has 0 aliphatic heterocycles. The molecule has 1 aliphatic rings. The average molecular weight is 311 g/mol. The first kappa shape index (κ1) is 16.3. The van der Waals surface area contributed by atoms with Gasteiger partial charge in [-0.1, -0.05) is 10.5 Å². The molecule has 1 aromatic rings. The van der Waals surface area contributed by atoms with Crippen molar-refractivity contribution in [3.63, 3.8) is 0 Å². The van der Waals surface area contributed by atoms with Gasteiger partial charge < -0.3 is 9.29 Å².